The molecule has 5 N–H and O–H groups in total. The van der Waals surface area contributed by atoms with Crippen LogP contribution in [0.1, 0.15) is 27.6 Å². The number of hydrazine groups is 2. The number of nitrogens with zero attached hydrogens (tertiary/aromatic N) is 3. The van der Waals surface area contributed by atoms with E-state index in [1.807, 2.05) is 5.43 Å². The van der Waals surface area contributed by atoms with Crippen LogP contribution in [0.15, 0.2) is 24.3 Å². The molecule has 0 aliphatic rings. The van der Waals surface area contributed by atoms with Crippen molar-refractivity contribution < 1.29 is 9.59 Å². The Balaban J connectivity index is 3.14. The zero-order valence-corrected chi connectivity index (χ0v) is 10.6. The maximum Gasteiger partial charge on any atom is 0.270 e. The van der Waals surface area contributed by atoms with Gasteiger partial charge in [0.25, 0.3) is 11.8 Å². The van der Waals surface area contributed by atoms with Crippen LogP contribution < -0.4 is 17.1 Å². The zero-order valence-electron chi connectivity index (χ0n) is 10.6. The Morgan fingerprint density at radius 2 is 1.85 bits per heavy atom. The lowest BCUT2D eigenvalue weighted by Gasteiger charge is -2.25. The van der Waals surface area contributed by atoms with Crippen LogP contribution in [0.25, 0.3) is 0 Å². The van der Waals surface area contributed by atoms with Crippen molar-refractivity contribution in [2.75, 3.05) is 0 Å². The number of nitrogens with one attached hydrogen (secondary N) is 1. The van der Waals surface area contributed by atoms with E-state index in [2.05, 4.69) is 0 Å². The Kier molecular flexibility index (Phi) is 4.38. The lowest BCUT2D eigenvalue weighted by Crippen LogP contribution is -2.52. The molecule has 102 valence electrons. The molecule has 0 fully saturated rings. The van der Waals surface area contributed by atoms with Crippen molar-refractivity contribution in [3.05, 3.63) is 35.4 Å². The summed E-state index contributed by atoms with van der Waals surface area (Å²) < 4.78 is 0. The van der Waals surface area contributed by atoms with Gasteiger partial charge in [-0.2, -0.15) is 10.5 Å². The Labute approximate surface area is 115 Å². The minimum Gasteiger partial charge on any atom is -0.290 e. The molecule has 0 saturated heterocycles. The number of hydrogen-bond donors (Lipinski definition) is 3. The molecule has 1 rings (SSSR count). The summed E-state index contributed by atoms with van der Waals surface area (Å²) in [6.07, 6.45) is 0. The summed E-state index contributed by atoms with van der Waals surface area (Å²) in [5.41, 5.74) is 0.343. The van der Waals surface area contributed by atoms with Crippen LogP contribution in [0.4, 0.5) is 0 Å². The average Bonchev–Trinajstić information content (AvgIpc) is 2.51. The molecule has 1 aromatic carbocycles. The van der Waals surface area contributed by atoms with Gasteiger partial charge in [-0.05, 0) is 25.1 Å². The summed E-state index contributed by atoms with van der Waals surface area (Å²) in [5, 5.41) is 18.3. The normalized spacial score (nSPS) is 10.1. The fraction of sp³-hybridized carbons (Fsp3) is 0.167. The van der Waals surface area contributed by atoms with Gasteiger partial charge in [0.05, 0.1) is 0 Å². The molecule has 0 aromatic heterocycles. The van der Waals surface area contributed by atoms with Gasteiger partial charge in [-0.3, -0.25) is 15.0 Å². The highest BCUT2D eigenvalue weighted by molar-refractivity contribution is 5.99. The van der Waals surface area contributed by atoms with Gasteiger partial charge in [0, 0.05) is 11.1 Å². The number of nitrogen functional groups attached to an aromatic ring is 1. The smallest absolute Gasteiger partial charge is 0.270 e. The van der Waals surface area contributed by atoms with Gasteiger partial charge in [0.1, 0.15) is 12.1 Å². The van der Waals surface area contributed by atoms with Gasteiger partial charge in [-0.1, -0.05) is 6.07 Å². The third-order valence-electron chi connectivity index (χ3n) is 2.64. The van der Waals surface area contributed by atoms with Crippen molar-refractivity contribution in [1.29, 1.82) is 10.5 Å². The summed E-state index contributed by atoms with van der Waals surface area (Å²) in [6, 6.07) is 8.88. The van der Waals surface area contributed by atoms with Crippen LogP contribution in [0.5, 0.6) is 0 Å². The number of hydrogen-bond acceptors (Lipinski definition) is 6. The Morgan fingerprint density at radius 1 is 1.30 bits per heavy atom. The quantitative estimate of drug-likeness (QED) is 0.380. The second-order valence-electron chi connectivity index (χ2n) is 4.03. The molecule has 0 spiro atoms. The molecule has 0 saturated carbocycles. The van der Waals surface area contributed by atoms with Crippen LogP contribution in [0.3, 0.4) is 0 Å². The molecule has 8 heteroatoms. The first kappa shape index (κ1) is 15.1. The average molecular weight is 272 g/mol. The molecular formula is C12H12N6O2. The first-order chi connectivity index (χ1) is 9.39. The lowest BCUT2D eigenvalue weighted by molar-refractivity contribution is 0.0674. The van der Waals surface area contributed by atoms with Crippen LogP contribution >= 0.6 is 0 Å². The van der Waals surface area contributed by atoms with E-state index in [1.54, 1.807) is 12.1 Å². The number of carbonyl (C=O) groups excluding carboxylic acids is 2. The maximum atomic E-state index is 12.1. The molecule has 0 aliphatic heterocycles. The molecule has 0 bridgehead atoms. The van der Waals surface area contributed by atoms with Crippen LogP contribution in [-0.2, 0) is 0 Å². The Morgan fingerprint density at radius 3 is 2.35 bits per heavy atom. The van der Waals surface area contributed by atoms with E-state index in [0.29, 0.717) is 5.01 Å². The van der Waals surface area contributed by atoms with Crippen LogP contribution in [0.2, 0.25) is 0 Å². The summed E-state index contributed by atoms with van der Waals surface area (Å²) in [6.45, 7) is 1.21. The van der Waals surface area contributed by atoms with Gasteiger partial charge >= 0.3 is 0 Å². The van der Waals surface area contributed by atoms with E-state index in [0.717, 1.165) is 0 Å². The fourth-order valence-electron chi connectivity index (χ4n) is 1.35. The molecule has 0 atom stereocenters. The van der Waals surface area contributed by atoms with Crippen LogP contribution in [0, 0.1) is 22.7 Å². The molecule has 20 heavy (non-hydrogen) atoms. The first-order valence-electron chi connectivity index (χ1n) is 5.42. The van der Waals surface area contributed by atoms with Gasteiger partial charge in [0.15, 0.2) is 0 Å². The van der Waals surface area contributed by atoms with Crippen molar-refractivity contribution in [3.8, 4) is 12.1 Å². The fourth-order valence-corrected chi connectivity index (χ4v) is 1.35. The second kappa shape index (κ2) is 5.80. The third-order valence-corrected chi connectivity index (χ3v) is 2.64. The summed E-state index contributed by atoms with van der Waals surface area (Å²) in [4.78, 5) is 23.5. The third kappa shape index (κ3) is 2.72. The number of nitriles is 2. The predicted molar refractivity (Wildman–Crippen MR) is 68.1 cm³/mol. The summed E-state index contributed by atoms with van der Waals surface area (Å²) >= 11 is 0. The van der Waals surface area contributed by atoms with Crippen molar-refractivity contribution in [2.45, 2.75) is 12.5 Å². The topological polar surface area (TPSA) is 149 Å². The monoisotopic (exact) mass is 272 g/mol. The molecule has 8 nitrogen and oxygen atoms in total. The lowest BCUT2D eigenvalue weighted by atomic mass is 10.0. The largest absolute Gasteiger partial charge is 0.290 e. The van der Waals surface area contributed by atoms with Gasteiger partial charge in [-0.25, -0.2) is 16.7 Å². The van der Waals surface area contributed by atoms with E-state index < -0.39 is 17.4 Å². The van der Waals surface area contributed by atoms with E-state index in [9.17, 15) is 9.59 Å². The standard InChI is InChI=1S/C12H12N6O2/c1-12(6-13,7-14)18(16)11(20)9-4-2-3-8(5-9)10(19)17-15/h2-5H,15-16H2,1H3,(H,17,19). The zero-order chi connectivity index (χ0) is 15.3. The number of carbonyl (C=O) groups is 2. The van der Waals surface area contributed by atoms with E-state index >= 15 is 0 Å². The minimum absolute atomic E-state index is 0.0605. The molecule has 0 heterocycles. The molecule has 1 aromatic rings. The highest BCUT2D eigenvalue weighted by Crippen LogP contribution is 2.14. The Hall–Kier alpha value is -2.94. The van der Waals surface area contributed by atoms with E-state index in [-0.39, 0.29) is 11.1 Å². The number of amides is 2. The maximum absolute atomic E-state index is 12.1. The SMILES string of the molecule is CC(C#N)(C#N)N(N)C(=O)c1cccc(C(=O)NN)c1. The summed E-state index contributed by atoms with van der Waals surface area (Å²) in [7, 11) is 0. The van der Waals surface area contributed by atoms with E-state index in [4.69, 9.17) is 22.2 Å². The predicted octanol–water partition coefficient (Wildman–Crippen LogP) is -0.588. The highest BCUT2D eigenvalue weighted by Gasteiger charge is 2.34. The van der Waals surface area contributed by atoms with Gasteiger partial charge in [0.2, 0.25) is 5.54 Å². The number of nitrogens with two attached hydrogens (primary N) is 2. The minimum atomic E-state index is -1.80. The van der Waals surface area contributed by atoms with Crippen LogP contribution in [-0.4, -0.2) is 22.4 Å². The van der Waals surface area contributed by atoms with E-state index in [1.165, 1.54) is 31.2 Å². The summed E-state index contributed by atoms with van der Waals surface area (Å²) in [5.74, 6) is 9.18. The molecule has 0 unspecified atom stereocenters. The number of rotatable bonds is 3. The second-order valence-corrected chi connectivity index (χ2v) is 4.03. The molecule has 0 aliphatic carbocycles. The molecule has 0 radical (unpaired) electrons. The highest BCUT2D eigenvalue weighted by atomic mass is 16.2. The van der Waals surface area contributed by atoms with Crippen molar-refractivity contribution in [1.82, 2.24) is 10.4 Å². The van der Waals surface area contributed by atoms with Gasteiger partial charge in [-0.15, -0.1) is 0 Å². The van der Waals surface area contributed by atoms with Crippen molar-refractivity contribution in [3.63, 3.8) is 0 Å². The molecule has 2 amide bonds. The Bertz CT molecular complexity index is 614. The van der Waals surface area contributed by atoms with Crippen molar-refractivity contribution >= 4 is 11.8 Å². The molecular weight excluding hydrogens is 260 g/mol. The number of benzene rings is 1. The first-order valence-corrected chi connectivity index (χ1v) is 5.42. The van der Waals surface area contributed by atoms with Gasteiger partial charge < -0.3 is 0 Å². The van der Waals surface area contributed by atoms with Crippen molar-refractivity contribution in [2.24, 2.45) is 11.7 Å².